The second-order valence-corrected chi connectivity index (χ2v) is 5.29. The van der Waals surface area contributed by atoms with Crippen molar-refractivity contribution in [3.8, 4) is 0 Å². The van der Waals surface area contributed by atoms with E-state index in [1.165, 1.54) is 30.5 Å². The highest BCUT2D eigenvalue weighted by atomic mass is 15.1. The van der Waals surface area contributed by atoms with E-state index in [9.17, 15) is 0 Å². The minimum atomic E-state index is 0.531. The lowest BCUT2D eigenvalue weighted by molar-refractivity contribution is 0.588. The lowest BCUT2D eigenvalue weighted by atomic mass is 10.1. The van der Waals surface area contributed by atoms with Crippen LogP contribution in [0.1, 0.15) is 45.6 Å². The molecule has 1 aromatic carbocycles. The van der Waals surface area contributed by atoms with Gasteiger partial charge in [0.05, 0.1) is 0 Å². The summed E-state index contributed by atoms with van der Waals surface area (Å²) < 4.78 is 0. The van der Waals surface area contributed by atoms with Crippen molar-refractivity contribution in [1.82, 2.24) is 5.32 Å². The third-order valence-electron chi connectivity index (χ3n) is 3.20. The highest BCUT2D eigenvalue weighted by Gasteiger charge is 2.06. The predicted molar refractivity (Wildman–Crippen MR) is 81.2 cm³/mol. The first-order valence-electron chi connectivity index (χ1n) is 7.17. The van der Waals surface area contributed by atoms with Crippen LogP contribution in [0.3, 0.4) is 0 Å². The number of nitrogens with one attached hydrogen (secondary N) is 1. The zero-order valence-corrected chi connectivity index (χ0v) is 12.4. The smallest absolute Gasteiger partial charge is 0.0409 e. The number of anilines is 1. The summed E-state index contributed by atoms with van der Waals surface area (Å²) in [7, 11) is 2.20. The van der Waals surface area contributed by atoms with Gasteiger partial charge in [0.2, 0.25) is 0 Å². The molecule has 0 spiro atoms. The van der Waals surface area contributed by atoms with Crippen LogP contribution in [0.4, 0.5) is 5.69 Å². The molecule has 18 heavy (non-hydrogen) atoms. The van der Waals surface area contributed by atoms with Gasteiger partial charge in [0.25, 0.3) is 0 Å². The Morgan fingerprint density at radius 3 is 2.56 bits per heavy atom. The first-order valence-corrected chi connectivity index (χ1v) is 7.17. The van der Waals surface area contributed by atoms with E-state index in [2.05, 4.69) is 62.3 Å². The quantitative estimate of drug-likeness (QED) is 0.704. The number of para-hydroxylation sites is 1. The van der Waals surface area contributed by atoms with Gasteiger partial charge in [-0.3, -0.25) is 0 Å². The molecular weight excluding hydrogens is 220 g/mol. The van der Waals surface area contributed by atoms with Gasteiger partial charge in [0.15, 0.2) is 0 Å². The van der Waals surface area contributed by atoms with Crippen molar-refractivity contribution in [2.45, 2.75) is 52.6 Å². The molecule has 0 atom stereocenters. The fourth-order valence-electron chi connectivity index (χ4n) is 2.07. The fraction of sp³-hybridized carbons (Fsp3) is 0.625. The molecule has 0 amide bonds. The van der Waals surface area contributed by atoms with Crippen LogP contribution in [0.25, 0.3) is 0 Å². The average molecular weight is 248 g/mol. The Kier molecular flexibility index (Phi) is 6.81. The van der Waals surface area contributed by atoms with Crippen LogP contribution in [0.2, 0.25) is 0 Å². The van der Waals surface area contributed by atoms with Crippen molar-refractivity contribution in [3.05, 3.63) is 29.8 Å². The number of rotatable bonds is 8. The monoisotopic (exact) mass is 248 g/mol. The van der Waals surface area contributed by atoms with Gasteiger partial charge in [-0.05, 0) is 18.1 Å². The molecule has 1 N–H and O–H groups in total. The summed E-state index contributed by atoms with van der Waals surface area (Å²) in [6.07, 6.45) is 3.88. The van der Waals surface area contributed by atoms with Gasteiger partial charge < -0.3 is 10.2 Å². The first-order chi connectivity index (χ1) is 8.65. The molecule has 0 aliphatic rings. The van der Waals surface area contributed by atoms with Crippen LogP contribution in [0.5, 0.6) is 0 Å². The first kappa shape index (κ1) is 15.0. The van der Waals surface area contributed by atoms with Crippen LogP contribution in [0, 0.1) is 0 Å². The van der Waals surface area contributed by atoms with Crippen LogP contribution in [-0.4, -0.2) is 19.6 Å². The summed E-state index contributed by atoms with van der Waals surface area (Å²) in [5, 5.41) is 3.50. The third kappa shape index (κ3) is 5.09. The van der Waals surface area contributed by atoms with E-state index in [4.69, 9.17) is 0 Å². The molecule has 1 aromatic rings. The van der Waals surface area contributed by atoms with E-state index in [0.717, 1.165) is 13.1 Å². The van der Waals surface area contributed by atoms with E-state index in [-0.39, 0.29) is 0 Å². The van der Waals surface area contributed by atoms with Gasteiger partial charge >= 0.3 is 0 Å². The molecule has 0 saturated heterocycles. The molecule has 102 valence electrons. The molecule has 1 rings (SSSR count). The summed E-state index contributed by atoms with van der Waals surface area (Å²) in [6.45, 7) is 8.72. The van der Waals surface area contributed by atoms with Crippen molar-refractivity contribution in [3.63, 3.8) is 0 Å². The Hall–Kier alpha value is -1.02. The number of nitrogens with zero attached hydrogens (tertiary/aromatic N) is 1. The second kappa shape index (κ2) is 8.15. The van der Waals surface area contributed by atoms with Crippen LogP contribution >= 0.6 is 0 Å². The molecule has 0 saturated carbocycles. The van der Waals surface area contributed by atoms with Crippen LogP contribution in [-0.2, 0) is 6.54 Å². The summed E-state index contributed by atoms with van der Waals surface area (Å²) in [6, 6.07) is 9.23. The Bertz CT molecular complexity index is 334. The number of hydrogen-bond acceptors (Lipinski definition) is 2. The lowest BCUT2D eigenvalue weighted by Crippen LogP contribution is -2.25. The van der Waals surface area contributed by atoms with Crippen LogP contribution in [0.15, 0.2) is 24.3 Å². The zero-order valence-electron chi connectivity index (χ0n) is 12.4. The fourth-order valence-corrected chi connectivity index (χ4v) is 2.07. The molecular formula is C16H28N2. The third-order valence-corrected chi connectivity index (χ3v) is 3.20. The van der Waals surface area contributed by atoms with Crippen molar-refractivity contribution in [1.29, 1.82) is 0 Å². The van der Waals surface area contributed by atoms with E-state index in [1.54, 1.807) is 0 Å². The second-order valence-electron chi connectivity index (χ2n) is 5.29. The van der Waals surface area contributed by atoms with Crippen LogP contribution < -0.4 is 10.2 Å². The van der Waals surface area contributed by atoms with E-state index >= 15 is 0 Å². The topological polar surface area (TPSA) is 15.3 Å². The SMILES string of the molecule is CCCCCN(C)c1ccccc1CNC(C)C. The zero-order chi connectivity index (χ0) is 13.4. The van der Waals surface area contributed by atoms with E-state index in [0.29, 0.717) is 6.04 Å². The van der Waals surface area contributed by atoms with E-state index < -0.39 is 0 Å². The number of benzene rings is 1. The minimum Gasteiger partial charge on any atom is -0.374 e. The highest BCUT2D eigenvalue weighted by Crippen LogP contribution is 2.19. The van der Waals surface area contributed by atoms with Gasteiger partial charge in [0.1, 0.15) is 0 Å². The molecule has 0 aliphatic heterocycles. The van der Waals surface area contributed by atoms with Gasteiger partial charge in [0, 0.05) is 31.9 Å². The molecule has 0 bridgehead atoms. The average Bonchev–Trinajstić information content (AvgIpc) is 2.37. The molecule has 0 heterocycles. The van der Waals surface area contributed by atoms with Crippen molar-refractivity contribution in [2.24, 2.45) is 0 Å². The van der Waals surface area contributed by atoms with Gasteiger partial charge in [-0.15, -0.1) is 0 Å². The highest BCUT2D eigenvalue weighted by molar-refractivity contribution is 5.52. The largest absolute Gasteiger partial charge is 0.374 e. The molecule has 0 aliphatic carbocycles. The maximum absolute atomic E-state index is 3.50. The number of unbranched alkanes of at least 4 members (excludes halogenated alkanes) is 2. The summed E-state index contributed by atoms with van der Waals surface area (Å²) in [5.74, 6) is 0. The molecule has 2 nitrogen and oxygen atoms in total. The summed E-state index contributed by atoms with van der Waals surface area (Å²) in [5.41, 5.74) is 2.76. The predicted octanol–water partition coefficient (Wildman–Crippen LogP) is 3.81. The van der Waals surface area contributed by atoms with Gasteiger partial charge in [-0.25, -0.2) is 0 Å². The van der Waals surface area contributed by atoms with Crippen molar-refractivity contribution < 1.29 is 0 Å². The van der Waals surface area contributed by atoms with E-state index in [1.807, 2.05) is 0 Å². The molecule has 0 fully saturated rings. The molecule has 0 unspecified atom stereocenters. The van der Waals surface area contributed by atoms with Crippen molar-refractivity contribution in [2.75, 3.05) is 18.5 Å². The molecule has 2 heteroatoms. The maximum atomic E-state index is 3.50. The maximum Gasteiger partial charge on any atom is 0.0409 e. The Balaban J connectivity index is 2.62. The normalized spacial score (nSPS) is 10.9. The van der Waals surface area contributed by atoms with Gasteiger partial charge in [-0.1, -0.05) is 51.8 Å². The Morgan fingerprint density at radius 1 is 1.17 bits per heavy atom. The number of hydrogen-bond donors (Lipinski definition) is 1. The molecule has 0 radical (unpaired) electrons. The van der Waals surface area contributed by atoms with Crippen molar-refractivity contribution >= 4 is 5.69 Å². The lowest BCUT2D eigenvalue weighted by Gasteiger charge is -2.23. The minimum absolute atomic E-state index is 0.531. The Labute approximate surface area is 112 Å². The Morgan fingerprint density at radius 2 is 1.89 bits per heavy atom. The standard InChI is InChI=1S/C16H28N2/c1-5-6-9-12-18(4)16-11-8-7-10-15(16)13-17-14(2)3/h7-8,10-11,14,17H,5-6,9,12-13H2,1-4H3. The molecule has 0 aromatic heterocycles. The summed E-state index contributed by atoms with van der Waals surface area (Å²) >= 11 is 0. The summed E-state index contributed by atoms with van der Waals surface area (Å²) in [4.78, 5) is 2.38. The van der Waals surface area contributed by atoms with Gasteiger partial charge in [-0.2, -0.15) is 0 Å².